The second-order valence-electron chi connectivity index (χ2n) is 4.94. The fraction of sp³-hybridized carbons (Fsp3) is 0.500. The molecule has 3 heteroatoms. The van der Waals surface area contributed by atoms with E-state index in [0.29, 0.717) is 12.5 Å². The van der Waals surface area contributed by atoms with Crippen LogP contribution in [-0.2, 0) is 14.9 Å². The van der Waals surface area contributed by atoms with Gasteiger partial charge in [0, 0.05) is 5.69 Å². The molecule has 0 aromatic heterocycles. The first-order chi connectivity index (χ1) is 8.08. The average Bonchev–Trinajstić information content (AvgIpc) is 2.26. The fourth-order valence-corrected chi connectivity index (χ4v) is 2.72. The lowest BCUT2D eigenvalue weighted by Crippen LogP contribution is -2.48. The lowest BCUT2D eigenvalue weighted by Gasteiger charge is -2.44. The van der Waals surface area contributed by atoms with Gasteiger partial charge < -0.3 is 10.5 Å². The van der Waals surface area contributed by atoms with Crippen LogP contribution < -0.4 is 5.73 Å². The maximum atomic E-state index is 12.1. The molecule has 0 saturated heterocycles. The minimum Gasteiger partial charge on any atom is -0.465 e. The van der Waals surface area contributed by atoms with E-state index in [1.54, 1.807) is 0 Å². The maximum absolute atomic E-state index is 12.1. The van der Waals surface area contributed by atoms with Gasteiger partial charge in [-0.1, -0.05) is 19.1 Å². The highest BCUT2D eigenvalue weighted by molar-refractivity contribution is 5.84. The second kappa shape index (κ2) is 4.40. The molecule has 1 aliphatic rings. The van der Waals surface area contributed by atoms with Crippen LogP contribution in [0.1, 0.15) is 32.3 Å². The number of hydrogen-bond acceptors (Lipinski definition) is 3. The molecule has 1 aliphatic carbocycles. The SMILES string of the molecule is CCOC(=O)C1(c2ccc(N)cc2)CC(C)C1. The van der Waals surface area contributed by atoms with Crippen molar-refractivity contribution in [3.63, 3.8) is 0 Å². The number of benzene rings is 1. The summed E-state index contributed by atoms with van der Waals surface area (Å²) in [5.74, 6) is 0.486. The van der Waals surface area contributed by atoms with Gasteiger partial charge in [-0.15, -0.1) is 0 Å². The zero-order valence-electron chi connectivity index (χ0n) is 10.4. The first-order valence-electron chi connectivity index (χ1n) is 6.12. The van der Waals surface area contributed by atoms with Crippen molar-refractivity contribution < 1.29 is 9.53 Å². The van der Waals surface area contributed by atoms with Crippen molar-refractivity contribution >= 4 is 11.7 Å². The van der Waals surface area contributed by atoms with Gasteiger partial charge in [0.1, 0.15) is 0 Å². The van der Waals surface area contributed by atoms with Crippen LogP contribution in [0.15, 0.2) is 24.3 Å². The first kappa shape index (κ1) is 12.0. The molecule has 3 nitrogen and oxygen atoms in total. The van der Waals surface area contributed by atoms with Gasteiger partial charge in [-0.2, -0.15) is 0 Å². The van der Waals surface area contributed by atoms with Crippen molar-refractivity contribution in [1.29, 1.82) is 0 Å². The van der Waals surface area contributed by atoms with Gasteiger partial charge in [-0.05, 0) is 43.4 Å². The van der Waals surface area contributed by atoms with Crippen LogP contribution in [0, 0.1) is 5.92 Å². The van der Waals surface area contributed by atoms with Crippen molar-refractivity contribution in [3.8, 4) is 0 Å². The van der Waals surface area contributed by atoms with Crippen LogP contribution in [0.5, 0.6) is 0 Å². The molecule has 1 aromatic rings. The summed E-state index contributed by atoms with van der Waals surface area (Å²) in [5, 5.41) is 0. The number of esters is 1. The first-order valence-corrected chi connectivity index (χ1v) is 6.12. The summed E-state index contributed by atoms with van der Waals surface area (Å²) in [5.41, 5.74) is 7.00. The highest BCUT2D eigenvalue weighted by atomic mass is 16.5. The highest BCUT2D eigenvalue weighted by Gasteiger charge is 2.50. The Balaban J connectivity index is 2.29. The van der Waals surface area contributed by atoms with E-state index in [1.807, 2.05) is 31.2 Å². The lowest BCUT2D eigenvalue weighted by atomic mass is 9.59. The van der Waals surface area contributed by atoms with Gasteiger partial charge in [-0.25, -0.2) is 0 Å². The Labute approximate surface area is 102 Å². The van der Waals surface area contributed by atoms with Crippen molar-refractivity contribution in [2.45, 2.75) is 32.1 Å². The van der Waals surface area contributed by atoms with E-state index in [9.17, 15) is 4.79 Å². The zero-order chi connectivity index (χ0) is 12.5. The van der Waals surface area contributed by atoms with E-state index in [0.717, 1.165) is 24.1 Å². The van der Waals surface area contributed by atoms with Crippen molar-refractivity contribution in [1.82, 2.24) is 0 Å². The third kappa shape index (κ3) is 2.02. The summed E-state index contributed by atoms with van der Waals surface area (Å²) in [4.78, 5) is 12.1. The van der Waals surface area contributed by atoms with Crippen molar-refractivity contribution in [3.05, 3.63) is 29.8 Å². The van der Waals surface area contributed by atoms with Crippen LogP contribution in [0.25, 0.3) is 0 Å². The topological polar surface area (TPSA) is 52.3 Å². The van der Waals surface area contributed by atoms with Crippen LogP contribution in [0.2, 0.25) is 0 Å². The monoisotopic (exact) mass is 233 g/mol. The van der Waals surface area contributed by atoms with E-state index in [4.69, 9.17) is 10.5 Å². The molecule has 1 saturated carbocycles. The Morgan fingerprint density at radius 3 is 2.47 bits per heavy atom. The fourth-order valence-electron chi connectivity index (χ4n) is 2.72. The molecule has 1 fully saturated rings. The third-order valence-corrected chi connectivity index (χ3v) is 3.52. The van der Waals surface area contributed by atoms with E-state index < -0.39 is 5.41 Å². The summed E-state index contributed by atoms with van der Waals surface area (Å²) in [6, 6.07) is 7.58. The van der Waals surface area contributed by atoms with E-state index in [1.165, 1.54) is 0 Å². The quantitative estimate of drug-likeness (QED) is 0.644. The third-order valence-electron chi connectivity index (χ3n) is 3.52. The molecular formula is C14H19NO2. The summed E-state index contributed by atoms with van der Waals surface area (Å²) in [6.45, 7) is 4.44. The van der Waals surface area contributed by atoms with E-state index in [2.05, 4.69) is 6.92 Å². The van der Waals surface area contributed by atoms with Crippen LogP contribution in [-0.4, -0.2) is 12.6 Å². The highest BCUT2D eigenvalue weighted by Crippen LogP contribution is 2.48. The van der Waals surface area contributed by atoms with Crippen LogP contribution in [0.4, 0.5) is 5.69 Å². The predicted octanol–water partition coefficient (Wildman–Crippen LogP) is 2.50. The maximum Gasteiger partial charge on any atom is 0.316 e. The second-order valence-corrected chi connectivity index (χ2v) is 4.94. The normalized spacial score (nSPS) is 27.3. The molecule has 0 amide bonds. The molecule has 0 unspecified atom stereocenters. The van der Waals surface area contributed by atoms with Crippen molar-refractivity contribution in [2.75, 3.05) is 12.3 Å². The smallest absolute Gasteiger partial charge is 0.316 e. The lowest BCUT2D eigenvalue weighted by molar-refractivity contribution is -0.156. The molecule has 0 aliphatic heterocycles. The molecule has 0 heterocycles. The Kier molecular flexibility index (Phi) is 3.09. The minimum absolute atomic E-state index is 0.0946. The Morgan fingerprint density at radius 2 is 2.00 bits per heavy atom. The molecule has 0 radical (unpaired) electrons. The number of nitrogens with two attached hydrogens (primary N) is 1. The number of anilines is 1. The van der Waals surface area contributed by atoms with Crippen LogP contribution >= 0.6 is 0 Å². The molecule has 0 atom stereocenters. The molecule has 0 bridgehead atoms. The molecule has 1 aromatic carbocycles. The van der Waals surface area contributed by atoms with E-state index in [-0.39, 0.29) is 5.97 Å². The number of hydrogen-bond donors (Lipinski definition) is 1. The predicted molar refractivity (Wildman–Crippen MR) is 67.6 cm³/mol. The standard InChI is InChI=1S/C14H19NO2/c1-3-17-13(16)14(8-10(2)9-14)11-4-6-12(15)7-5-11/h4-7,10H,3,8-9,15H2,1-2H3. The minimum atomic E-state index is -0.427. The summed E-state index contributed by atoms with van der Waals surface area (Å²) in [7, 11) is 0. The largest absolute Gasteiger partial charge is 0.465 e. The summed E-state index contributed by atoms with van der Waals surface area (Å²) < 4.78 is 5.21. The number of ether oxygens (including phenoxy) is 1. The van der Waals surface area contributed by atoms with Gasteiger partial charge in [0.2, 0.25) is 0 Å². The molecular weight excluding hydrogens is 214 g/mol. The average molecular weight is 233 g/mol. The molecule has 17 heavy (non-hydrogen) atoms. The summed E-state index contributed by atoms with van der Waals surface area (Å²) >= 11 is 0. The number of carbonyl (C=O) groups excluding carboxylic acids is 1. The van der Waals surface area contributed by atoms with Crippen LogP contribution in [0.3, 0.4) is 0 Å². The number of carbonyl (C=O) groups is 1. The Hall–Kier alpha value is -1.51. The summed E-state index contributed by atoms with van der Waals surface area (Å²) in [6.07, 6.45) is 1.74. The molecule has 2 rings (SSSR count). The zero-order valence-corrected chi connectivity index (χ0v) is 10.4. The Bertz CT molecular complexity index is 405. The molecule has 2 N–H and O–H groups in total. The molecule has 92 valence electrons. The van der Waals surface area contributed by atoms with Crippen molar-refractivity contribution in [2.24, 2.45) is 5.92 Å². The van der Waals surface area contributed by atoms with Gasteiger partial charge in [0.25, 0.3) is 0 Å². The van der Waals surface area contributed by atoms with Gasteiger partial charge in [-0.3, -0.25) is 4.79 Å². The number of rotatable bonds is 3. The molecule has 0 spiro atoms. The van der Waals surface area contributed by atoms with Gasteiger partial charge >= 0.3 is 5.97 Å². The Morgan fingerprint density at radius 1 is 1.41 bits per heavy atom. The van der Waals surface area contributed by atoms with E-state index >= 15 is 0 Å². The van der Waals surface area contributed by atoms with Gasteiger partial charge in [0.15, 0.2) is 0 Å². The van der Waals surface area contributed by atoms with Gasteiger partial charge in [0.05, 0.1) is 12.0 Å². The number of nitrogen functional groups attached to an aromatic ring is 1.